The molecule has 3 heterocycles. The van der Waals surface area contributed by atoms with Gasteiger partial charge in [-0.25, -0.2) is 0 Å². The number of rotatable bonds is 2. The molecule has 2 aromatic heterocycles. The summed E-state index contributed by atoms with van der Waals surface area (Å²) in [5.74, 6) is 2.35. The van der Waals surface area contributed by atoms with Gasteiger partial charge in [-0.1, -0.05) is 12.1 Å². The first-order chi connectivity index (χ1) is 7.45. The van der Waals surface area contributed by atoms with Crippen LogP contribution >= 0.6 is 34.4 Å². The van der Waals surface area contributed by atoms with Crippen LogP contribution in [0.5, 0.6) is 0 Å². The second-order valence-corrected chi connectivity index (χ2v) is 6.29. The van der Waals surface area contributed by atoms with Crippen LogP contribution in [0.15, 0.2) is 35.0 Å². The average molecular weight is 250 g/mol. The normalized spacial score (nSPS) is 16.3. The van der Waals surface area contributed by atoms with E-state index in [1.54, 1.807) is 11.1 Å². The van der Waals surface area contributed by atoms with E-state index >= 15 is 0 Å². The maximum Gasteiger partial charge on any atom is 0.0314 e. The second kappa shape index (κ2) is 4.16. The molecule has 0 unspecified atom stereocenters. The Bertz CT molecular complexity index is 419. The van der Waals surface area contributed by atoms with Crippen LogP contribution in [0.3, 0.4) is 0 Å². The molecule has 0 amide bonds. The molecule has 0 bridgehead atoms. The molecule has 0 radical (unpaired) electrons. The van der Waals surface area contributed by atoms with Crippen LogP contribution in [0.25, 0.3) is 11.1 Å². The van der Waals surface area contributed by atoms with E-state index in [9.17, 15) is 0 Å². The lowest BCUT2D eigenvalue weighted by atomic mass is 10.1. The molecule has 0 spiro atoms. The van der Waals surface area contributed by atoms with Crippen molar-refractivity contribution < 1.29 is 0 Å². The van der Waals surface area contributed by atoms with Crippen LogP contribution < -0.4 is 0 Å². The monoisotopic (exact) mass is 250 g/mol. The van der Waals surface area contributed by atoms with E-state index in [1.165, 1.54) is 21.3 Å². The van der Waals surface area contributed by atoms with Gasteiger partial charge in [-0.3, -0.25) is 0 Å². The first-order valence-corrected chi connectivity index (χ1v) is 7.74. The largest absolute Gasteiger partial charge is 0.152 e. The van der Waals surface area contributed by atoms with E-state index in [4.69, 9.17) is 0 Å². The van der Waals surface area contributed by atoms with E-state index < -0.39 is 0 Å². The van der Waals surface area contributed by atoms with E-state index in [-0.39, 0.29) is 0 Å². The van der Waals surface area contributed by atoms with E-state index in [2.05, 4.69) is 35.0 Å². The van der Waals surface area contributed by atoms with Gasteiger partial charge in [-0.15, -0.1) is 22.7 Å². The van der Waals surface area contributed by atoms with Gasteiger partial charge in [0, 0.05) is 21.3 Å². The van der Waals surface area contributed by atoms with Gasteiger partial charge in [0.1, 0.15) is 0 Å². The molecule has 3 heteroatoms. The summed E-state index contributed by atoms with van der Waals surface area (Å²) in [6.45, 7) is 0. The Balaban J connectivity index is 2.09. The minimum Gasteiger partial charge on any atom is -0.152 e. The molecular weight excluding hydrogens is 240 g/mol. The van der Waals surface area contributed by atoms with Crippen LogP contribution in [0.1, 0.15) is 9.75 Å². The lowest BCUT2D eigenvalue weighted by Crippen LogP contribution is -1.83. The third-order valence-corrected chi connectivity index (χ3v) is 5.34. The molecule has 0 atom stereocenters. The minimum absolute atomic E-state index is 1.17. The zero-order chi connectivity index (χ0) is 10.1. The summed E-state index contributed by atoms with van der Waals surface area (Å²) < 4.78 is 0. The van der Waals surface area contributed by atoms with Crippen LogP contribution in [-0.4, -0.2) is 11.5 Å². The topological polar surface area (TPSA) is 0 Å². The Morgan fingerprint density at radius 2 is 1.33 bits per heavy atom. The quantitative estimate of drug-likeness (QED) is 0.758. The van der Waals surface area contributed by atoms with Gasteiger partial charge in [0.05, 0.1) is 0 Å². The summed E-state index contributed by atoms with van der Waals surface area (Å²) in [4.78, 5) is 2.90. The lowest BCUT2D eigenvalue weighted by Gasteiger charge is -2.01. The van der Waals surface area contributed by atoms with Crippen LogP contribution in [0.2, 0.25) is 0 Å². The third kappa shape index (κ3) is 1.80. The van der Waals surface area contributed by atoms with Crippen molar-refractivity contribution in [1.29, 1.82) is 0 Å². The predicted molar refractivity (Wildman–Crippen MR) is 72.8 cm³/mol. The van der Waals surface area contributed by atoms with Crippen LogP contribution in [0.4, 0.5) is 0 Å². The standard InChI is InChI=1S/C12H10S3/c1-3-11(14-5-1)9-7-13-8-10(9)12-4-2-6-15-12/h1-6H,7-8H2. The van der Waals surface area contributed by atoms with Gasteiger partial charge in [0.25, 0.3) is 0 Å². The SMILES string of the molecule is c1csc(C2=C(c3cccs3)CSC2)c1. The van der Waals surface area contributed by atoms with Crippen molar-refractivity contribution in [3.8, 4) is 0 Å². The van der Waals surface area contributed by atoms with Crippen LogP contribution in [0, 0.1) is 0 Å². The smallest absolute Gasteiger partial charge is 0.0314 e. The second-order valence-electron chi connectivity index (χ2n) is 3.40. The average Bonchev–Trinajstić information content (AvgIpc) is 3.01. The van der Waals surface area contributed by atoms with Crippen molar-refractivity contribution in [3.05, 3.63) is 44.8 Å². The zero-order valence-electron chi connectivity index (χ0n) is 8.10. The molecule has 0 aliphatic carbocycles. The van der Waals surface area contributed by atoms with Gasteiger partial charge < -0.3 is 0 Å². The molecule has 1 aliphatic rings. The highest BCUT2D eigenvalue weighted by molar-refractivity contribution is 8.00. The van der Waals surface area contributed by atoms with E-state index in [0.717, 1.165) is 0 Å². The number of thiophene rings is 2. The van der Waals surface area contributed by atoms with E-state index in [0.29, 0.717) is 0 Å². The predicted octanol–water partition coefficient (Wildman–Crippen LogP) is 4.47. The molecule has 1 aliphatic heterocycles. The minimum atomic E-state index is 1.17. The van der Waals surface area contributed by atoms with Gasteiger partial charge in [-0.2, -0.15) is 11.8 Å². The molecule has 15 heavy (non-hydrogen) atoms. The Kier molecular flexibility index (Phi) is 2.69. The zero-order valence-corrected chi connectivity index (χ0v) is 10.6. The third-order valence-electron chi connectivity index (χ3n) is 2.49. The molecule has 3 rings (SSSR count). The van der Waals surface area contributed by atoms with Crippen molar-refractivity contribution in [2.24, 2.45) is 0 Å². The summed E-state index contributed by atoms with van der Waals surface area (Å²) >= 11 is 5.74. The Morgan fingerprint density at radius 1 is 0.800 bits per heavy atom. The van der Waals surface area contributed by atoms with Crippen molar-refractivity contribution in [2.75, 3.05) is 11.5 Å². The summed E-state index contributed by atoms with van der Waals surface area (Å²) in [6, 6.07) is 8.75. The highest BCUT2D eigenvalue weighted by atomic mass is 32.2. The van der Waals surface area contributed by atoms with Gasteiger partial charge in [-0.05, 0) is 34.0 Å². The molecule has 0 nitrogen and oxygen atoms in total. The molecule has 2 aromatic rings. The Labute approximate surface area is 102 Å². The van der Waals surface area contributed by atoms with Crippen molar-refractivity contribution in [2.45, 2.75) is 0 Å². The fourth-order valence-corrected chi connectivity index (χ4v) is 4.72. The first-order valence-electron chi connectivity index (χ1n) is 4.82. The molecule has 0 saturated heterocycles. The molecule has 0 fully saturated rings. The highest BCUT2D eigenvalue weighted by Crippen LogP contribution is 2.40. The van der Waals surface area contributed by atoms with Crippen LogP contribution in [-0.2, 0) is 0 Å². The van der Waals surface area contributed by atoms with Crippen molar-refractivity contribution in [3.63, 3.8) is 0 Å². The molecule has 76 valence electrons. The first kappa shape index (κ1) is 9.70. The molecule has 0 aromatic carbocycles. The van der Waals surface area contributed by atoms with E-state index in [1.807, 2.05) is 34.4 Å². The van der Waals surface area contributed by atoms with Crippen molar-refractivity contribution in [1.82, 2.24) is 0 Å². The fraction of sp³-hybridized carbons (Fsp3) is 0.167. The Morgan fingerprint density at radius 3 is 1.73 bits per heavy atom. The number of hydrogen-bond donors (Lipinski definition) is 0. The van der Waals surface area contributed by atoms with Gasteiger partial charge in [0.2, 0.25) is 0 Å². The maximum atomic E-state index is 2.24. The summed E-state index contributed by atoms with van der Waals surface area (Å²) in [5.41, 5.74) is 3.11. The van der Waals surface area contributed by atoms with Crippen molar-refractivity contribution >= 4 is 45.6 Å². The summed E-state index contributed by atoms with van der Waals surface area (Å²) in [7, 11) is 0. The summed E-state index contributed by atoms with van der Waals surface area (Å²) in [6.07, 6.45) is 0. The number of hydrogen-bond acceptors (Lipinski definition) is 3. The molecular formula is C12H10S3. The molecule has 0 N–H and O–H groups in total. The Hall–Kier alpha value is -0.510. The van der Waals surface area contributed by atoms with Gasteiger partial charge in [0.15, 0.2) is 0 Å². The lowest BCUT2D eigenvalue weighted by molar-refractivity contribution is 1.72. The van der Waals surface area contributed by atoms with Gasteiger partial charge >= 0.3 is 0 Å². The fourth-order valence-electron chi connectivity index (χ4n) is 1.77. The summed E-state index contributed by atoms with van der Waals surface area (Å²) in [5, 5.41) is 4.33. The maximum absolute atomic E-state index is 2.24. The highest BCUT2D eigenvalue weighted by Gasteiger charge is 2.18. The number of thioether (sulfide) groups is 1. The molecule has 0 saturated carbocycles.